The van der Waals surface area contributed by atoms with Crippen molar-refractivity contribution in [2.24, 2.45) is 5.92 Å². The zero-order valence-corrected chi connectivity index (χ0v) is 12.9. The van der Waals surface area contributed by atoms with Crippen molar-refractivity contribution in [3.63, 3.8) is 0 Å². The second-order valence-electron chi connectivity index (χ2n) is 5.87. The fourth-order valence-electron chi connectivity index (χ4n) is 3.09. The summed E-state index contributed by atoms with van der Waals surface area (Å²) in [6.07, 6.45) is 3.79. The Balaban J connectivity index is 2.22. The molecule has 0 radical (unpaired) electrons. The average Bonchev–Trinajstić information content (AvgIpc) is 2.72. The number of carbonyl (C=O) groups excluding carboxylic acids is 1. The highest BCUT2D eigenvalue weighted by Gasteiger charge is 2.31. The molecule has 2 N–H and O–H groups in total. The summed E-state index contributed by atoms with van der Waals surface area (Å²) in [4.78, 5) is 34.3. The SMILES string of the molecule is Cc1c(C(=O)N[C@@H]2CCCCC[C@H]2C(=O)O)cccc1[N+](=O)[O-]. The monoisotopic (exact) mass is 320 g/mol. The normalized spacial score (nSPS) is 21.3. The molecular formula is C16H20N2O5. The Morgan fingerprint density at radius 3 is 2.61 bits per heavy atom. The first-order chi connectivity index (χ1) is 10.9. The first-order valence-electron chi connectivity index (χ1n) is 7.69. The molecule has 23 heavy (non-hydrogen) atoms. The molecule has 1 amide bonds. The second kappa shape index (κ2) is 7.21. The number of carbonyl (C=O) groups is 2. The molecule has 1 aromatic carbocycles. The smallest absolute Gasteiger partial charge is 0.308 e. The first kappa shape index (κ1) is 16.9. The third-order valence-electron chi connectivity index (χ3n) is 4.40. The van der Waals surface area contributed by atoms with Gasteiger partial charge in [-0.25, -0.2) is 0 Å². The maximum atomic E-state index is 12.5. The van der Waals surface area contributed by atoms with Gasteiger partial charge in [-0.05, 0) is 25.8 Å². The van der Waals surface area contributed by atoms with Crippen molar-refractivity contribution >= 4 is 17.6 Å². The molecule has 124 valence electrons. The lowest BCUT2D eigenvalue weighted by Gasteiger charge is -2.23. The van der Waals surface area contributed by atoms with Crippen LogP contribution in [-0.4, -0.2) is 27.9 Å². The number of nitrogens with zero attached hydrogens (tertiary/aromatic N) is 1. The van der Waals surface area contributed by atoms with Crippen molar-refractivity contribution in [3.05, 3.63) is 39.4 Å². The number of carboxylic acid groups (broad SMARTS) is 1. The Morgan fingerprint density at radius 2 is 1.96 bits per heavy atom. The standard InChI is InChI=1S/C16H20N2O5/c1-10-11(7-5-9-14(10)18(22)23)15(19)17-13-8-4-2-3-6-12(13)16(20)21/h5,7,9,12-13H,2-4,6,8H2,1H3,(H,17,19)(H,20,21)/t12-,13-/m1/s1. The van der Waals surface area contributed by atoms with Crippen LogP contribution in [0.4, 0.5) is 5.69 Å². The molecule has 0 saturated heterocycles. The molecule has 1 fully saturated rings. The Labute approximate surface area is 133 Å². The third kappa shape index (κ3) is 3.85. The minimum atomic E-state index is -0.909. The molecule has 1 aliphatic carbocycles. The Morgan fingerprint density at radius 1 is 1.26 bits per heavy atom. The molecule has 0 bridgehead atoms. The fourth-order valence-corrected chi connectivity index (χ4v) is 3.09. The van der Waals surface area contributed by atoms with Crippen LogP contribution in [0.1, 0.15) is 48.0 Å². The lowest BCUT2D eigenvalue weighted by atomic mass is 9.94. The topological polar surface area (TPSA) is 110 Å². The fraction of sp³-hybridized carbons (Fsp3) is 0.500. The lowest BCUT2D eigenvalue weighted by Crippen LogP contribution is -2.43. The predicted molar refractivity (Wildman–Crippen MR) is 83.3 cm³/mol. The summed E-state index contributed by atoms with van der Waals surface area (Å²) in [6.45, 7) is 1.52. The summed E-state index contributed by atoms with van der Waals surface area (Å²) in [7, 11) is 0. The van der Waals surface area contributed by atoms with Gasteiger partial charge in [0.2, 0.25) is 0 Å². The van der Waals surface area contributed by atoms with Crippen molar-refractivity contribution in [2.45, 2.75) is 45.1 Å². The van der Waals surface area contributed by atoms with Gasteiger partial charge in [0, 0.05) is 23.2 Å². The van der Waals surface area contributed by atoms with Gasteiger partial charge < -0.3 is 10.4 Å². The molecule has 0 spiro atoms. The molecule has 7 heteroatoms. The quantitative estimate of drug-likeness (QED) is 0.503. The van der Waals surface area contributed by atoms with E-state index in [-0.39, 0.29) is 16.8 Å². The average molecular weight is 320 g/mol. The van der Waals surface area contributed by atoms with Gasteiger partial charge in [-0.2, -0.15) is 0 Å². The molecule has 0 unspecified atom stereocenters. The summed E-state index contributed by atoms with van der Waals surface area (Å²) >= 11 is 0. The molecule has 0 aromatic heterocycles. The van der Waals surface area contributed by atoms with Crippen LogP contribution in [0.2, 0.25) is 0 Å². The number of nitro groups is 1. The van der Waals surface area contributed by atoms with Crippen LogP contribution in [0, 0.1) is 23.0 Å². The van der Waals surface area contributed by atoms with Crippen LogP contribution in [0.15, 0.2) is 18.2 Å². The maximum Gasteiger partial charge on any atom is 0.308 e. The number of amides is 1. The van der Waals surface area contributed by atoms with Gasteiger partial charge in [0.15, 0.2) is 0 Å². The van der Waals surface area contributed by atoms with E-state index >= 15 is 0 Å². The van der Waals surface area contributed by atoms with Crippen molar-refractivity contribution in [1.82, 2.24) is 5.32 Å². The van der Waals surface area contributed by atoms with Crippen molar-refractivity contribution in [3.8, 4) is 0 Å². The molecule has 1 aliphatic rings. The van der Waals surface area contributed by atoms with Gasteiger partial charge in [0.25, 0.3) is 11.6 Å². The Hall–Kier alpha value is -2.44. The third-order valence-corrected chi connectivity index (χ3v) is 4.40. The van der Waals surface area contributed by atoms with Crippen LogP contribution < -0.4 is 5.32 Å². The number of benzene rings is 1. The minimum Gasteiger partial charge on any atom is -0.481 e. The minimum absolute atomic E-state index is 0.117. The van der Waals surface area contributed by atoms with Gasteiger partial charge in [0.05, 0.1) is 10.8 Å². The van der Waals surface area contributed by atoms with Crippen LogP contribution in [0.25, 0.3) is 0 Å². The summed E-state index contributed by atoms with van der Waals surface area (Å²) in [5, 5.41) is 23.1. The molecule has 1 saturated carbocycles. The zero-order valence-electron chi connectivity index (χ0n) is 12.9. The van der Waals surface area contributed by atoms with E-state index in [1.165, 1.54) is 25.1 Å². The van der Waals surface area contributed by atoms with Crippen LogP contribution in [0.5, 0.6) is 0 Å². The predicted octanol–water partition coefficient (Wildman–Crippen LogP) is 2.67. The molecular weight excluding hydrogens is 300 g/mol. The van der Waals surface area contributed by atoms with Gasteiger partial charge in [-0.15, -0.1) is 0 Å². The van der Waals surface area contributed by atoms with Gasteiger partial charge in [-0.3, -0.25) is 19.7 Å². The molecule has 2 rings (SSSR count). The van der Waals surface area contributed by atoms with Crippen molar-refractivity contribution in [1.29, 1.82) is 0 Å². The molecule has 0 heterocycles. The highest BCUT2D eigenvalue weighted by molar-refractivity contribution is 5.97. The van der Waals surface area contributed by atoms with Gasteiger partial charge in [-0.1, -0.05) is 25.3 Å². The number of rotatable bonds is 4. The number of hydrogen-bond acceptors (Lipinski definition) is 4. The van der Waals surface area contributed by atoms with E-state index < -0.39 is 28.8 Å². The maximum absolute atomic E-state index is 12.5. The largest absolute Gasteiger partial charge is 0.481 e. The van der Waals surface area contributed by atoms with Gasteiger partial charge >= 0.3 is 5.97 Å². The Bertz CT molecular complexity index is 629. The first-order valence-corrected chi connectivity index (χ1v) is 7.69. The number of nitrogens with one attached hydrogen (secondary N) is 1. The summed E-state index contributed by atoms with van der Waals surface area (Å²) in [5.74, 6) is -1.97. The van der Waals surface area contributed by atoms with Crippen molar-refractivity contribution < 1.29 is 19.6 Å². The molecule has 2 atom stereocenters. The lowest BCUT2D eigenvalue weighted by molar-refractivity contribution is -0.385. The van der Waals surface area contributed by atoms with E-state index in [1.807, 2.05) is 0 Å². The molecule has 1 aromatic rings. The van der Waals surface area contributed by atoms with E-state index in [4.69, 9.17) is 0 Å². The van der Waals surface area contributed by atoms with Crippen LogP contribution in [-0.2, 0) is 4.79 Å². The van der Waals surface area contributed by atoms with E-state index in [0.717, 1.165) is 19.3 Å². The van der Waals surface area contributed by atoms with Crippen LogP contribution >= 0.6 is 0 Å². The molecule has 7 nitrogen and oxygen atoms in total. The van der Waals surface area contributed by atoms with E-state index in [1.54, 1.807) is 0 Å². The summed E-state index contributed by atoms with van der Waals surface area (Å²) in [5.41, 5.74) is 0.386. The Kier molecular flexibility index (Phi) is 5.31. The number of carboxylic acids is 1. The van der Waals surface area contributed by atoms with Crippen molar-refractivity contribution in [2.75, 3.05) is 0 Å². The number of nitro benzene ring substituents is 1. The van der Waals surface area contributed by atoms with E-state index in [0.29, 0.717) is 12.8 Å². The number of aliphatic carboxylic acids is 1. The highest BCUT2D eigenvalue weighted by atomic mass is 16.6. The number of hydrogen-bond donors (Lipinski definition) is 2. The van der Waals surface area contributed by atoms with Crippen LogP contribution in [0.3, 0.4) is 0 Å². The van der Waals surface area contributed by atoms with E-state index in [2.05, 4.69) is 5.32 Å². The van der Waals surface area contributed by atoms with E-state index in [9.17, 15) is 24.8 Å². The highest BCUT2D eigenvalue weighted by Crippen LogP contribution is 2.25. The van der Waals surface area contributed by atoms with Gasteiger partial charge in [0.1, 0.15) is 0 Å². The summed E-state index contributed by atoms with van der Waals surface area (Å²) < 4.78 is 0. The summed E-state index contributed by atoms with van der Waals surface area (Å²) in [6, 6.07) is 3.88. The zero-order chi connectivity index (χ0) is 17.0. The second-order valence-corrected chi connectivity index (χ2v) is 5.87. The molecule has 0 aliphatic heterocycles.